The number of ether oxygens (including phenoxy) is 1. The molecule has 0 saturated carbocycles. The van der Waals surface area contributed by atoms with Crippen molar-refractivity contribution >= 4 is 23.5 Å². The molecule has 1 aliphatic heterocycles. The van der Waals surface area contributed by atoms with E-state index in [0.29, 0.717) is 11.5 Å². The molecular formula is C24H20N2O2. The van der Waals surface area contributed by atoms with Gasteiger partial charge in [-0.05, 0) is 42.8 Å². The molecule has 1 heterocycles. The van der Waals surface area contributed by atoms with E-state index in [9.17, 15) is 4.79 Å². The molecule has 1 amide bonds. The number of aryl methyl sites for hydroxylation is 1. The van der Waals surface area contributed by atoms with E-state index >= 15 is 0 Å². The van der Waals surface area contributed by atoms with E-state index in [4.69, 9.17) is 4.74 Å². The summed E-state index contributed by atoms with van der Waals surface area (Å²) in [5.41, 5.74) is 4.17. The standard InChI is InChI=1S/C24H20N2O2/c1-17-8-10-18(11-9-17)16-22-24(27)26(20-12-14-21(28-2)15-13-20)23(25-22)19-6-4-3-5-7-19/h3-16H,1-2H3/b22-16+. The maximum atomic E-state index is 13.2. The van der Waals surface area contributed by atoms with E-state index in [1.165, 1.54) is 5.56 Å². The molecule has 138 valence electrons. The van der Waals surface area contributed by atoms with Gasteiger partial charge in [-0.25, -0.2) is 4.99 Å². The molecule has 0 aliphatic carbocycles. The molecule has 0 saturated heterocycles. The van der Waals surface area contributed by atoms with Crippen LogP contribution in [-0.4, -0.2) is 18.9 Å². The van der Waals surface area contributed by atoms with Crippen molar-refractivity contribution in [2.75, 3.05) is 12.0 Å². The van der Waals surface area contributed by atoms with Crippen molar-refractivity contribution in [3.63, 3.8) is 0 Å². The minimum atomic E-state index is -0.149. The number of nitrogens with zero attached hydrogens (tertiary/aromatic N) is 2. The molecule has 3 aromatic rings. The Hall–Kier alpha value is -3.66. The van der Waals surface area contributed by atoms with Gasteiger partial charge in [0.15, 0.2) is 0 Å². The summed E-state index contributed by atoms with van der Waals surface area (Å²) in [5.74, 6) is 1.21. The van der Waals surface area contributed by atoms with Gasteiger partial charge in [0.25, 0.3) is 5.91 Å². The summed E-state index contributed by atoms with van der Waals surface area (Å²) in [4.78, 5) is 19.6. The second-order valence-electron chi connectivity index (χ2n) is 6.58. The normalized spacial score (nSPS) is 15.1. The predicted octanol–water partition coefficient (Wildman–Crippen LogP) is 4.84. The Morgan fingerprint density at radius 1 is 0.893 bits per heavy atom. The SMILES string of the molecule is COc1ccc(N2C(=O)/C(=C\c3ccc(C)cc3)N=C2c2ccccc2)cc1. The van der Waals surface area contributed by atoms with Crippen molar-refractivity contribution in [2.45, 2.75) is 6.92 Å². The molecule has 0 atom stereocenters. The fourth-order valence-corrected chi connectivity index (χ4v) is 3.09. The summed E-state index contributed by atoms with van der Waals surface area (Å²) in [7, 11) is 1.62. The zero-order valence-corrected chi connectivity index (χ0v) is 15.8. The first-order valence-electron chi connectivity index (χ1n) is 9.07. The highest BCUT2D eigenvalue weighted by atomic mass is 16.5. The van der Waals surface area contributed by atoms with E-state index < -0.39 is 0 Å². The number of amidine groups is 1. The highest BCUT2D eigenvalue weighted by molar-refractivity contribution is 6.33. The molecule has 4 rings (SSSR count). The van der Waals surface area contributed by atoms with Crippen LogP contribution in [0.1, 0.15) is 16.7 Å². The minimum absolute atomic E-state index is 0.149. The largest absolute Gasteiger partial charge is 0.497 e. The van der Waals surface area contributed by atoms with Gasteiger partial charge in [0.1, 0.15) is 17.3 Å². The molecule has 0 radical (unpaired) electrons. The molecule has 0 spiro atoms. The number of benzene rings is 3. The van der Waals surface area contributed by atoms with E-state index in [1.807, 2.05) is 91.9 Å². The lowest BCUT2D eigenvalue weighted by molar-refractivity contribution is -0.113. The smallest absolute Gasteiger partial charge is 0.282 e. The van der Waals surface area contributed by atoms with Gasteiger partial charge in [-0.1, -0.05) is 60.2 Å². The van der Waals surface area contributed by atoms with Crippen LogP contribution in [0, 0.1) is 6.92 Å². The Labute approximate surface area is 164 Å². The summed E-state index contributed by atoms with van der Waals surface area (Å²) in [6.07, 6.45) is 1.83. The zero-order chi connectivity index (χ0) is 19.5. The van der Waals surface area contributed by atoms with Crippen molar-refractivity contribution in [3.05, 3.63) is 101 Å². The number of hydrogen-bond donors (Lipinski definition) is 0. The van der Waals surface area contributed by atoms with Crippen LogP contribution in [0.15, 0.2) is 89.6 Å². The molecule has 0 unspecified atom stereocenters. The van der Waals surface area contributed by atoms with Gasteiger partial charge < -0.3 is 4.74 Å². The zero-order valence-electron chi connectivity index (χ0n) is 15.8. The van der Waals surface area contributed by atoms with Crippen molar-refractivity contribution in [1.82, 2.24) is 0 Å². The molecule has 0 bridgehead atoms. The van der Waals surface area contributed by atoms with Crippen molar-refractivity contribution in [2.24, 2.45) is 4.99 Å². The first kappa shape index (κ1) is 17.7. The van der Waals surface area contributed by atoms with E-state index in [1.54, 1.807) is 12.0 Å². The fraction of sp³-hybridized carbons (Fsp3) is 0.0833. The number of methoxy groups -OCH3 is 1. The van der Waals surface area contributed by atoms with Gasteiger partial charge >= 0.3 is 0 Å². The number of rotatable bonds is 4. The van der Waals surface area contributed by atoms with Crippen molar-refractivity contribution in [3.8, 4) is 5.75 Å². The topological polar surface area (TPSA) is 41.9 Å². The Morgan fingerprint density at radius 2 is 1.57 bits per heavy atom. The van der Waals surface area contributed by atoms with Crippen LogP contribution >= 0.6 is 0 Å². The van der Waals surface area contributed by atoms with E-state index in [0.717, 1.165) is 22.6 Å². The molecule has 28 heavy (non-hydrogen) atoms. The van der Waals surface area contributed by atoms with Crippen LogP contribution in [-0.2, 0) is 4.79 Å². The Kier molecular flexibility index (Phi) is 4.77. The average molecular weight is 368 g/mol. The lowest BCUT2D eigenvalue weighted by Gasteiger charge is -2.18. The lowest BCUT2D eigenvalue weighted by atomic mass is 10.1. The first-order valence-corrected chi connectivity index (χ1v) is 9.07. The molecule has 3 aromatic carbocycles. The predicted molar refractivity (Wildman–Crippen MR) is 113 cm³/mol. The molecule has 0 aromatic heterocycles. The molecule has 0 N–H and O–H groups in total. The van der Waals surface area contributed by atoms with Gasteiger partial charge in [-0.2, -0.15) is 0 Å². The summed E-state index contributed by atoms with van der Waals surface area (Å²) in [5, 5.41) is 0. The summed E-state index contributed by atoms with van der Waals surface area (Å²) in [6.45, 7) is 2.04. The summed E-state index contributed by atoms with van der Waals surface area (Å²) < 4.78 is 5.23. The van der Waals surface area contributed by atoms with E-state index in [-0.39, 0.29) is 5.91 Å². The number of aliphatic imine (C=N–C) groups is 1. The van der Waals surface area contributed by atoms with Gasteiger partial charge in [0.2, 0.25) is 0 Å². The van der Waals surface area contributed by atoms with Gasteiger partial charge in [-0.3, -0.25) is 9.69 Å². The van der Waals surface area contributed by atoms with Gasteiger partial charge in [0.05, 0.1) is 12.8 Å². The monoisotopic (exact) mass is 368 g/mol. The number of hydrogen-bond acceptors (Lipinski definition) is 3. The molecule has 0 fully saturated rings. The van der Waals surface area contributed by atoms with Gasteiger partial charge in [0, 0.05) is 5.56 Å². The molecule has 1 aliphatic rings. The van der Waals surface area contributed by atoms with Crippen LogP contribution in [0.5, 0.6) is 5.75 Å². The van der Waals surface area contributed by atoms with Crippen LogP contribution in [0.25, 0.3) is 6.08 Å². The summed E-state index contributed by atoms with van der Waals surface area (Å²) in [6, 6.07) is 25.2. The quantitative estimate of drug-likeness (QED) is 0.619. The molecular weight excluding hydrogens is 348 g/mol. The van der Waals surface area contributed by atoms with Crippen molar-refractivity contribution in [1.29, 1.82) is 0 Å². The minimum Gasteiger partial charge on any atom is -0.497 e. The molecule has 4 heteroatoms. The second-order valence-corrected chi connectivity index (χ2v) is 6.58. The maximum absolute atomic E-state index is 13.2. The number of carbonyl (C=O) groups is 1. The fourth-order valence-electron chi connectivity index (χ4n) is 3.09. The molecule has 4 nitrogen and oxygen atoms in total. The summed E-state index contributed by atoms with van der Waals surface area (Å²) >= 11 is 0. The maximum Gasteiger partial charge on any atom is 0.282 e. The number of anilines is 1. The van der Waals surface area contributed by atoms with Crippen LogP contribution in [0.4, 0.5) is 5.69 Å². The van der Waals surface area contributed by atoms with E-state index in [2.05, 4.69) is 4.99 Å². The third kappa shape index (κ3) is 3.45. The number of amides is 1. The second kappa shape index (κ2) is 7.53. The third-order valence-corrected chi connectivity index (χ3v) is 4.60. The third-order valence-electron chi connectivity index (χ3n) is 4.60. The van der Waals surface area contributed by atoms with Crippen molar-refractivity contribution < 1.29 is 9.53 Å². The van der Waals surface area contributed by atoms with Gasteiger partial charge in [-0.15, -0.1) is 0 Å². The Morgan fingerprint density at radius 3 is 2.21 bits per heavy atom. The highest BCUT2D eigenvalue weighted by Gasteiger charge is 2.32. The lowest BCUT2D eigenvalue weighted by Crippen LogP contribution is -2.32. The Balaban J connectivity index is 1.79. The Bertz CT molecular complexity index is 1050. The highest BCUT2D eigenvalue weighted by Crippen LogP contribution is 2.29. The van der Waals surface area contributed by atoms with Crippen LogP contribution in [0.2, 0.25) is 0 Å². The first-order chi connectivity index (χ1) is 13.7. The number of carbonyl (C=O) groups excluding carboxylic acids is 1. The van der Waals surface area contributed by atoms with Crippen LogP contribution in [0.3, 0.4) is 0 Å². The average Bonchev–Trinajstić information content (AvgIpc) is 3.06. The van der Waals surface area contributed by atoms with Crippen LogP contribution < -0.4 is 9.64 Å².